The number of carbonyl (C=O) groups is 1. The molecule has 0 saturated carbocycles. The van der Waals surface area contributed by atoms with Gasteiger partial charge in [0.25, 0.3) is 0 Å². The third-order valence-corrected chi connectivity index (χ3v) is 3.77. The smallest absolute Gasteiger partial charge is 0.248 e. The number of amides is 1. The highest BCUT2D eigenvalue weighted by Crippen LogP contribution is 2.08. The Kier molecular flexibility index (Phi) is 8.47. The molecule has 3 N–H and O–H groups in total. The van der Waals surface area contributed by atoms with Crippen LogP contribution in [0, 0.1) is 0 Å². The molecule has 1 aromatic heterocycles. The summed E-state index contributed by atoms with van der Waals surface area (Å²) in [4.78, 5) is 18.0. The number of carbonyl (C=O) groups excluding carboxylic acids is 1. The first-order valence-electron chi connectivity index (χ1n) is 7.99. The van der Waals surface area contributed by atoms with Gasteiger partial charge in [-0.25, -0.2) is 4.99 Å². The molecule has 1 amide bonds. The summed E-state index contributed by atoms with van der Waals surface area (Å²) in [5.41, 5.74) is 7.99. The molecule has 1 aromatic carbocycles. The highest BCUT2D eigenvalue weighted by molar-refractivity contribution is 14.0. The summed E-state index contributed by atoms with van der Waals surface area (Å²) in [5.74, 6) is 0.400. The Morgan fingerprint density at radius 2 is 2.08 bits per heavy atom. The number of hydrogen-bond donors (Lipinski definition) is 2. The Morgan fingerprint density at radius 1 is 1.32 bits per heavy atom. The number of nitrogens with two attached hydrogens (primary N) is 1. The summed E-state index contributed by atoms with van der Waals surface area (Å²) in [5, 5.41) is 3.30. The van der Waals surface area contributed by atoms with Crippen molar-refractivity contribution in [2.75, 3.05) is 13.6 Å². The molecule has 0 fully saturated rings. The number of rotatable bonds is 6. The number of guanidine groups is 1. The molecule has 0 saturated heterocycles. The third kappa shape index (κ3) is 6.08. The van der Waals surface area contributed by atoms with Crippen LogP contribution in [0.2, 0.25) is 0 Å². The van der Waals surface area contributed by atoms with Gasteiger partial charge in [0.1, 0.15) is 0 Å². The summed E-state index contributed by atoms with van der Waals surface area (Å²) < 4.78 is 2.09. The zero-order valence-corrected chi connectivity index (χ0v) is 17.2. The highest BCUT2D eigenvalue weighted by atomic mass is 127. The first-order chi connectivity index (χ1) is 11.5. The Hall–Kier alpha value is -2.03. The number of aliphatic imine (C=N–C) groups is 1. The SMILES string of the molecule is CCNC(=NCc1cccc(C(N)=O)c1)N(C)Cc1cccn1C.I. The van der Waals surface area contributed by atoms with Gasteiger partial charge in [-0.3, -0.25) is 4.79 Å². The molecular formula is C18H26IN5O. The van der Waals surface area contributed by atoms with Crippen molar-refractivity contribution >= 4 is 35.8 Å². The topological polar surface area (TPSA) is 75.6 Å². The molecule has 1 heterocycles. The largest absolute Gasteiger partial charge is 0.366 e. The Bertz CT molecular complexity index is 726. The molecule has 6 nitrogen and oxygen atoms in total. The Morgan fingerprint density at radius 3 is 2.68 bits per heavy atom. The van der Waals surface area contributed by atoms with E-state index in [0.29, 0.717) is 12.1 Å². The normalized spacial score (nSPS) is 10.9. The second kappa shape index (κ2) is 10.1. The second-order valence-electron chi connectivity index (χ2n) is 5.70. The van der Waals surface area contributed by atoms with Crippen LogP contribution in [0.3, 0.4) is 0 Å². The number of benzene rings is 1. The molecule has 0 radical (unpaired) electrons. The van der Waals surface area contributed by atoms with Crippen LogP contribution in [0.25, 0.3) is 0 Å². The fourth-order valence-corrected chi connectivity index (χ4v) is 2.44. The van der Waals surface area contributed by atoms with E-state index in [9.17, 15) is 4.79 Å². The fourth-order valence-electron chi connectivity index (χ4n) is 2.44. The predicted octanol–water partition coefficient (Wildman–Crippen LogP) is 2.34. The maximum atomic E-state index is 11.3. The van der Waals surface area contributed by atoms with Gasteiger partial charge in [0.2, 0.25) is 5.91 Å². The van der Waals surface area contributed by atoms with Gasteiger partial charge in [-0.15, -0.1) is 24.0 Å². The number of hydrogen-bond acceptors (Lipinski definition) is 2. The minimum absolute atomic E-state index is 0. The summed E-state index contributed by atoms with van der Waals surface area (Å²) in [6.45, 7) is 4.08. The van der Waals surface area contributed by atoms with Gasteiger partial charge in [-0.2, -0.15) is 0 Å². The van der Waals surface area contributed by atoms with Crippen LogP contribution in [-0.4, -0.2) is 34.9 Å². The van der Waals surface area contributed by atoms with Gasteiger partial charge in [-0.05, 0) is 36.8 Å². The van der Waals surface area contributed by atoms with E-state index in [4.69, 9.17) is 5.73 Å². The zero-order chi connectivity index (χ0) is 17.5. The second-order valence-corrected chi connectivity index (χ2v) is 5.70. The number of primary amides is 1. The Labute approximate surface area is 166 Å². The van der Waals surface area contributed by atoms with Crippen molar-refractivity contribution in [1.29, 1.82) is 0 Å². The number of halogens is 1. The van der Waals surface area contributed by atoms with E-state index in [1.165, 1.54) is 5.69 Å². The lowest BCUT2D eigenvalue weighted by Crippen LogP contribution is -2.38. The third-order valence-electron chi connectivity index (χ3n) is 3.77. The summed E-state index contributed by atoms with van der Waals surface area (Å²) in [6, 6.07) is 11.4. The molecule has 0 aliphatic carbocycles. The highest BCUT2D eigenvalue weighted by Gasteiger charge is 2.08. The van der Waals surface area contributed by atoms with Crippen LogP contribution >= 0.6 is 24.0 Å². The van der Waals surface area contributed by atoms with Gasteiger partial charge in [0.05, 0.1) is 13.1 Å². The molecule has 136 valence electrons. The molecule has 7 heteroatoms. The van der Waals surface area contributed by atoms with Crippen LogP contribution in [0.15, 0.2) is 47.6 Å². The van der Waals surface area contributed by atoms with E-state index in [1.807, 2.05) is 45.4 Å². The molecule has 2 aromatic rings. The summed E-state index contributed by atoms with van der Waals surface area (Å²) in [7, 11) is 4.04. The molecule has 0 atom stereocenters. The van der Waals surface area contributed by atoms with E-state index >= 15 is 0 Å². The van der Waals surface area contributed by atoms with Crippen molar-refractivity contribution in [3.05, 3.63) is 59.4 Å². The van der Waals surface area contributed by atoms with Crippen molar-refractivity contribution < 1.29 is 4.79 Å². The van der Waals surface area contributed by atoms with Crippen LogP contribution in [0.1, 0.15) is 28.5 Å². The number of nitrogens with one attached hydrogen (secondary N) is 1. The standard InChI is InChI=1S/C18H25N5O.HI/c1-4-20-18(23(3)13-16-9-6-10-22(16)2)21-12-14-7-5-8-15(11-14)17(19)24;/h5-11H,4,12-13H2,1-3H3,(H2,19,24)(H,20,21);1H. The van der Waals surface area contributed by atoms with E-state index in [1.54, 1.807) is 12.1 Å². The average Bonchev–Trinajstić information content (AvgIpc) is 2.96. The maximum Gasteiger partial charge on any atom is 0.248 e. The number of aromatic nitrogens is 1. The molecule has 0 spiro atoms. The molecule has 25 heavy (non-hydrogen) atoms. The molecule has 0 aliphatic rings. The minimum Gasteiger partial charge on any atom is -0.366 e. The van der Waals surface area contributed by atoms with Crippen LogP contribution in [0.5, 0.6) is 0 Å². The van der Waals surface area contributed by atoms with E-state index in [-0.39, 0.29) is 24.0 Å². The fraction of sp³-hybridized carbons (Fsp3) is 0.333. The molecule has 0 aliphatic heterocycles. The van der Waals surface area contributed by atoms with E-state index < -0.39 is 5.91 Å². The van der Waals surface area contributed by atoms with Crippen molar-refractivity contribution in [2.24, 2.45) is 17.8 Å². The molecule has 0 bridgehead atoms. The molecule has 2 rings (SSSR count). The zero-order valence-electron chi connectivity index (χ0n) is 14.9. The van der Waals surface area contributed by atoms with Crippen molar-refractivity contribution in [3.8, 4) is 0 Å². The van der Waals surface area contributed by atoms with Gasteiger partial charge >= 0.3 is 0 Å². The maximum absolute atomic E-state index is 11.3. The van der Waals surface area contributed by atoms with Gasteiger partial charge < -0.3 is 20.5 Å². The quantitative estimate of drug-likeness (QED) is 0.399. The van der Waals surface area contributed by atoms with E-state index in [0.717, 1.165) is 24.6 Å². The van der Waals surface area contributed by atoms with Crippen molar-refractivity contribution in [1.82, 2.24) is 14.8 Å². The summed E-state index contributed by atoms with van der Waals surface area (Å²) >= 11 is 0. The molecular weight excluding hydrogens is 429 g/mol. The van der Waals surface area contributed by atoms with Gasteiger partial charge in [-0.1, -0.05) is 12.1 Å². The van der Waals surface area contributed by atoms with Crippen LogP contribution in [0.4, 0.5) is 0 Å². The first-order valence-corrected chi connectivity index (χ1v) is 7.99. The minimum atomic E-state index is -0.423. The summed E-state index contributed by atoms with van der Waals surface area (Å²) in [6.07, 6.45) is 2.03. The average molecular weight is 455 g/mol. The first kappa shape index (κ1) is 21.0. The predicted molar refractivity (Wildman–Crippen MR) is 112 cm³/mol. The van der Waals surface area contributed by atoms with Crippen LogP contribution in [-0.2, 0) is 20.1 Å². The lowest BCUT2D eigenvalue weighted by atomic mass is 10.1. The van der Waals surface area contributed by atoms with E-state index in [2.05, 4.69) is 25.8 Å². The lowest BCUT2D eigenvalue weighted by Gasteiger charge is -2.22. The van der Waals surface area contributed by atoms with Crippen molar-refractivity contribution in [2.45, 2.75) is 20.0 Å². The van der Waals surface area contributed by atoms with Gasteiger partial charge in [0.15, 0.2) is 5.96 Å². The lowest BCUT2D eigenvalue weighted by molar-refractivity contribution is 0.1000. The van der Waals surface area contributed by atoms with Crippen molar-refractivity contribution in [3.63, 3.8) is 0 Å². The number of aryl methyl sites for hydroxylation is 1. The monoisotopic (exact) mass is 455 g/mol. The molecule has 0 unspecified atom stereocenters. The van der Waals surface area contributed by atoms with Crippen LogP contribution < -0.4 is 11.1 Å². The number of nitrogens with zero attached hydrogens (tertiary/aromatic N) is 3. The Balaban J connectivity index is 0.00000312. The van der Waals surface area contributed by atoms with Gasteiger partial charge in [0, 0.05) is 38.1 Å².